The van der Waals surface area contributed by atoms with Crippen LogP contribution in [0.2, 0.25) is 0 Å². The van der Waals surface area contributed by atoms with Crippen molar-refractivity contribution in [1.82, 2.24) is 4.31 Å². The van der Waals surface area contributed by atoms with Crippen LogP contribution in [0.25, 0.3) is 0 Å². The number of sulfonamides is 1. The van der Waals surface area contributed by atoms with Gasteiger partial charge in [0.2, 0.25) is 10.0 Å². The average Bonchev–Trinajstić information content (AvgIpc) is 2.74. The third kappa shape index (κ3) is 3.17. The maximum atomic E-state index is 12.5. The zero-order chi connectivity index (χ0) is 15.0. The van der Waals surface area contributed by atoms with E-state index < -0.39 is 21.4 Å². The van der Waals surface area contributed by atoms with Crippen LogP contribution in [0.15, 0.2) is 0 Å². The fourth-order valence-electron chi connectivity index (χ4n) is 3.41. The Bertz CT molecular complexity index is 481. The topological polar surface area (TPSA) is 74.7 Å². The molecule has 2 aliphatic rings. The van der Waals surface area contributed by atoms with E-state index in [4.69, 9.17) is 0 Å². The SMILES string of the molecule is CC1(CS(=O)(=O)N2CCC(C)(C(=O)O)C2)CCCCC1. The smallest absolute Gasteiger partial charge is 0.310 e. The van der Waals surface area contributed by atoms with Gasteiger partial charge in [0.15, 0.2) is 0 Å². The molecule has 0 radical (unpaired) electrons. The molecule has 1 aliphatic carbocycles. The van der Waals surface area contributed by atoms with Gasteiger partial charge in [0.1, 0.15) is 0 Å². The fourth-order valence-corrected chi connectivity index (χ4v) is 5.62. The molecule has 1 saturated carbocycles. The Kier molecular flexibility index (Phi) is 4.17. The predicted molar refractivity (Wildman–Crippen MR) is 76.9 cm³/mol. The van der Waals surface area contributed by atoms with Crippen LogP contribution in [0, 0.1) is 10.8 Å². The summed E-state index contributed by atoms with van der Waals surface area (Å²) in [5, 5.41) is 9.21. The number of carboxylic acid groups (broad SMARTS) is 1. The molecular weight excluding hydrogens is 278 g/mol. The number of aliphatic carboxylic acids is 1. The number of rotatable bonds is 4. The van der Waals surface area contributed by atoms with Crippen LogP contribution in [0.1, 0.15) is 52.4 Å². The highest BCUT2D eigenvalue weighted by atomic mass is 32.2. The summed E-state index contributed by atoms with van der Waals surface area (Å²) in [6, 6.07) is 0. The summed E-state index contributed by atoms with van der Waals surface area (Å²) in [5.41, 5.74) is -1.07. The molecule has 0 aromatic carbocycles. The van der Waals surface area contributed by atoms with Gasteiger partial charge in [-0.1, -0.05) is 26.2 Å². The number of carboxylic acids is 1. The Hall–Kier alpha value is -0.620. The number of carbonyl (C=O) groups is 1. The molecule has 20 heavy (non-hydrogen) atoms. The van der Waals surface area contributed by atoms with Gasteiger partial charge in [0.25, 0.3) is 0 Å². The average molecular weight is 303 g/mol. The standard InChI is InChI=1S/C14H25NO4S/c1-13(6-4-3-5-7-13)11-20(18,19)15-9-8-14(2,10-15)12(16)17/h3-11H2,1-2H3,(H,16,17). The first-order valence-electron chi connectivity index (χ1n) is 7.38. The van der Waals surface area contributed by atoms with Gasteiger partial charge >= 0.3 is 5.97 Å². The Morgan fingerprint density at radius 2 is 1.75 bits per heavy atom. The third-order valence-electron chi connectivity index (χ3n) is 4.94. The second-order valence-corrected chi connectivity index (χ2v) is 9.05. The number of hydrogen-bond acceptors (Lipinski definition) is 3. The highest BCUT2D eigenvalue weighted by Gasteiger charge is 2.46. The predicted octanol–water partition coefficient (Wildman–Crippen LogP) is 2.08. The van der Waals surface area contributed by atoms with E-state index in [0.717, 1.165) is 25.7 Å². The van der Waals surface area contributed by atoms with Gasteiger partial charge in [-0.2, -0.15) is 0 Å². The molecule has 0 amide bonds. The molecule has 0 aromatic rings. The van der Waals surface area contributed by atoms with Gasteiger partial charge < -0.3 is 5.11 Å². The molecular formula is C14H25NO4S. The van der Waals surface area contributed by atoms with Crippen molar-refractivity contribution in [2.75, 3.05) is 18.8 Å². The minimum absolute atomic E-state index is 0.112. The molecule has 0 aromatic heterocycles. The van der Waals surface area contributed by atoms with Gasteiger partial charge in [0.05, 0.1) is 11.2 Å². The number of hydrogen-bond donors (Lipinski definition) is 1. The monoisotopic (exact) mass is 303 g/mol. The van der Waals surface area contributed by atoms with Gasteiger partial charge in [-0.15, -0.1) is 0 Å². The summed E-state index contributed by atoms with van der Waals surface area (Å²) < 4.78 is 26.5. The van der Waals surface area contributed by atoms with Gasteiger partial charge in [-0.25, -0.2) is 12.7 Å². The van der Waals surface area contributed by atoms with Crippen LogP contribution in [0.3, 0.4) is 0 Å². The molecule has 1 N–H and O–H groups in total. The highest BCUT2D eigenvalue weighted by Crippen LogP contribution is 2.39. The lowest BCUT2D eigenvalue weighted by Gasteiger charge is -2.34. The van der Waals surface area contributed by atoms with E-state index in [-0.39, 0.29) is 17.7 Å². The quantitative estimate of drug-likeness (QED) is 0.863. The van der Waals surface area contributed by atoms with Crippen molar-refractivity contribution in [3.05, 3.63) is 0 Å². The highest BCUT2D eigenvalue weighted by molar-refractivity contribution is 7.89. The maximum absolute atomic E-state index is 12.5. The van der Waals surface area contributed by atoms with E-state index in [2.05, 4.69) is 6.92 Å². The Balaban J connectivity index is 2.06. The van der Waals surface area contributed by atoms with Gasteiger partial charge in [-0.05, 0) is 31.6 Å². The molecule has 1 aliphatic heterocycles. The molecule has 1 heterocycles. The van der Waals surface area contributed by atoms with E-state index in [1.165, 1.54) is 10.7 Å². The van der Waals surface area contributed by atoms with E-state index in [0.29, 0.717) is 13.0 Å². The Morgan fingerprint density at radius 1 is 1.15 bits per heavy atom. The second-order valence-electron chi connectivity index (χ2n) is 7.08. The van der Waals surface area contributed by atoms with Crippen molar-refractivity contribution in [2.24, 2.45) is 10.8 Å². The van der Waals surface area contributed by atoms with Crippen molar-refractivity contribution in [3.63, 3.8) is 0 Å². The summed E-state index contributed by atoms with van der Waals surface area (Å²) >= 11 is 0. The van der Waals surface area contributed by atoms with Crippen LogP contribution in [-0.4, -0.2) is 42.6 Å². The Morgan fingerprint density at radius 3 is 2.25 bits per heavy atom. The van der Waals surface area contributed by atoms with E-state index in [1.807, 2.05) is 0 Å². The lowest BCUT2D eigenvalue weighted by molar-refractivity contribution is -0.146. The first-order valence-corrected chi connectivity index (χ1v) is 8.99. The number of nitrogens with zero attached hydrogens (tertiary/aromatic N) is 1. The molecule has 1 atom stereocenters. The van der Waals surface area contributed by atoms with Crippen LogP contribution in [-0.2, 0) is 14.8 Å². The summed E-state index contributed by atoms with van der Waals surface area (Å²) in [5.74, 6) is -0.741. The molecule has 116 valence electrons. The normalized spacial score (nSPS) is 31.3. The molecule has 6 heteroatoms. The summed E-state index contributed by atoms with van der Waals surface area (Å²) in [6.07, 6.45) is 5.69. The lowest BCUT2D eigenvalue weighted by atomic mass is 9.77. The minimum Gasteiger partial charge on any atom is -0.481 e. The zero-order valence-electron chi connectivity index (χ0n) is 12.4. The first-order chi connectivity index (χ1) is 9.17. The van der Waals surface area contributed by atoms with Crippen LogP contribution in [0.4, 0.5) is 0 Å². The van der Waals surface area contributed by atoms with Crippen molar-refractivity contribution in [2.45, 2.75) is 52.4 Å². The molecule has 1 unspecified atom stereocenters. The van der Waals surface area contributed by atoms with E-state index >= 15 is 0 Å². The first kappa shape index (κ1) is 15.8. The maximum Gasteiger partial charge on any atom is 0.310 e. The molecule has 1 saturated heterocycles. The van der Waals surface area contributed by atoms with E-state index in [9.17, 15) is 18.3 Å². The fraction of sp³-hybridized carbons (Fsp3) is 0.929. The second kappa shape index (κ2) is 5.30. The zero-order valence-corrected chi connectivity index (χ0v) is 13.2. The summed E-state index contributed by atoms with van der Waals surface area (Å²) in [6.45, 7) is 4.13. The molecule has 2 fully saturated rings. The molecule has 0 bridgehead atoms. The molecule has 0 spiro atoms. The van der Waals surface area contributed by atoms with Crippen LogP contribution < -0.4 is 0 Å². The largest absolute Gasteiger partial charge is 0.481 e. The van der Waals surface area contributed by atoms with Gasteiger partial charge in [0, 0.05) is 13.1 Å². The van der Waals surface area contributed by atoms with E-state index in [1.54, 1.807) is 6.92 Å². The summed E-state index contributed by atoms with van der Waals surface area (Å²) in [4.78, 5) is 11.2. The van der Waals surface area contributed by atoms with Crippen molar-refractivity contribution >= 4 is 16.0 Å². The van der Waals surface area contributed by atoms with Crippen molar-refractivity contribution < 1.29 is 18.3 Å². The lowest BCUT2D eigenvalue weighted by Crippen LogP contribution is -2.40. The van der Waals surface area contributed by atoms with Crippen molar-refractivity contribution in [3.8, 4) is 0 Å². The minimum atomic E-state index is -3.35. The molecule has 5 nitrogen and oxygen atoms in total. The third-order valence-corrected chi connectivity index (χ3v) is 7.10. The van der Waals surface area contributed by atoms with Crippen LogP contribution >= 0.6 is 0 Å². The summed E-state index contributed by atoms with van der Waals surface area (Å²) in [7, 11) is -3.35. The van der Waals surface area contributed by atoms with Gasteiger partial charge in [-0.3, -0.25) is 4.79 Å². The van der Waals surface area contributed by atoms with Crippen molar-refractivity contribution in [1.29, 1.82) is 0 Å². The Labute approximate surface area is 121 Å². The van der Waals surface area contributed by atoms with Crippen LogP contribution in [0.5, 0.6) is 0 Å². The molecule has 2 rings (SSSR count).